The lowest BCUT2D eigenvalue weighted by Crippen LogP contribution is -2.14. The number of rotatable bonds is 15. The summed E-state index contributed by atoms with van der Waals surface area (Å²) in [7, 11) is 0. The number of ketones is 1. The fourth-order valence-electron chi connectivity index (χ4n) is 3.86. The summed E-state index contributed by atoms with van der Waals surface area (Å²) in [5, 5.41) is 1.16. The maximum atomic E-state index is 12.4. The van der Waals surface area contributed by atoms with Gasteiger partial charge in [0.05, 0.1) is 5.52 Å². The minimum atomic E-state index is 0.0665. The number of hydrogen-bond acceptors (Lipinski definition) is 2. The van der Waals surface area contributed by atoms with Crippen LogP contribution in [0.5, 0.6) is 0 Å². The van der Waals surface area contributed by atoms with Gasteiger partial charge in [0.25, 0.3) is 0 Å². The second-order valence-electron chi connectivity index (χ2n) is 8.35. The molecule has 0 radical (unpaired) electrons. The van der Waals surface area contributed by atoms with E-state index in [1.807, 2.05) is 18.2 Å². The van der Waals surface area contributed by atoms with E-state index in [0.29, 0.717) is 5.78 Å². The maximum Gasteiger partial charge on any atom is 0.136 e. The van der Waals surface area contributed by atoms with Gasteiger partial charge in [-0.1, -0.05) is 102 Å². The first-order chi connectivity index (χ1) is 13.7. The number of fused-ring (bicyclic) bond motifs is 1. The highest BCUT2D eigenvalue weighted by molar-refractivity contribution is 5.81. The molecule has 1 aromatic carbocycles. The van der Waals surface area contributed by atoms with Crippen LogP contribution in [0.2, 0.25) is 0 Å². The Morgan fingerprint density at radius 2 is 1.43 bits per heavy atom. The highest BCUT2D eigenvalue weighted by atomic mass is 16.1. The van der Waals surface area contributed by atoms with Gasteiger partial charge in [-0.3, -0.25) is 9.78 Å². The van der Waals surface area contributed by atoms with E-state index in [1.54, 1.807) is 0 Å². The zero-order valence-corrected chi connectivity index (χ0v) is 18.1. The van der Waals surface area contributed by atoms with E-state index in [0.717, 1.165) is 35.9 Å². The first-order valence-electron chi connectivity index (χ1n) is 11.6. The highest BCUT2D eigenvalue weighted by Crippen LogP contribution is 2.17. The molecule has 0 aliphatic carbocycles. The molecule has 1 heterocycles. The van der Waals surface area contributed by atoms with E-state index >= 15 is 0 Å². The van der Waals surface area contributed by atoms with Crippen LogP contribution >= 0.6 is 0 Å². The summed E-state index contributed by atoms with van der Waals surface area (Å²) >= 11 is 0. The molecule has 2 heteroatoms. The van der Waals surface area contributed by atoms with Gasteiger partial charge in [-0.15, -0.1) is 0 Å². The molecule has 0 fully saturated rings. The molecule has 0 saturated carbocycles. The number of benzene rings is 1. The van der Waals surface area contributed by atoms with Crippen LogP contribution < -0.4 is 0 Å². The van der Waals surface area contributed by atoms with Gasteiger partial charge >= 0.3 is 0 Å². The van der Waals surface area contributed by atoms with Crippen LogP contribution in [0.25, 0.3) is 10.9 Å². The van der Waals surface area contributed by atoms with Crippen molar-refractivity contribution in [2.45, 2.75) is 97.3 Å². The number of aromatic nitrogens is 1. The van der Waals surface area contributed by atoms with Crippen molar-refractivity contribution in [2.75, 3.05) is 0 Å². The van der Waals surface area contributed by atoms with Gasteiger partial charge in [0.1, 0.15) is 5.78 Å². The second-order valence-corrected chi connectivity index (χ2v) is 8.35. The van der Waals surface area contributed by atoms with Crippen molar-refractivity contribution < 1.29 is 4.79 Å². The van der Waals surface area contributed by atoms with Gasteiger partial charge in [-0.05, 0) is 25.0 Å². The lowest BCUT2D eigenvalue weighted by Gasteiger charge is -2.10. The monoisotopic (exact) mass is 381 g/mol. The van der Waals surface area contributed by atoms with Gasteiger partial charge in [-0.2, -0.15) is 0 Å². The Morgan fingerprint density at radius 1 is 0.821 bits per heavy atom. The van der Waals surface area contributed by atoms with Crippen LogP contribution in [0.1, 0.15) is 96.6 Å². The minimum absolute atomic E-state index is 0.0665. The van der Waals surface area contributed by atoms with E-state index in [1.165, 1.54) is 64.2 Å². The van der Waals surface area contributed by atoms with Crippen molar-refractivity contribution in [3.63, 3.8) is 0 Å². The molecule has 1 atom stereocenters. The van der Waals surface area contributed by atoms with Gasteiger partial charge in [0.15, 0.2) is 0 Å². The van der Waals surface area contributed by atoms with Gasteiger partial charge in [-0.25, -0.2) is 0 Å². The molecule has 28 heavy (non-hydrogen) atoms. The summed E-state index contributed by atoms with van der Waals surface area (Å²) in [5.74, 6) is 0.461. The van der Waals surface area contributed by atoms with E-state index < -0.39 is 0 Å². The Morgan fingerprint density at radius 3 is 2.11 bits per heavy atom. The molecule has 2 aromatic rings. The quantitative estimate of drug-likeness (QED) is 0.296. The molecule has 2 rings (SSSR count). The zero-order valence-electron chi connectivity index (χ0n) is 18.1. The molecule has 0 aliphatic heterocycles. The molecule has 0 aliphatic rings. The number of para-hydroxylation sites is 1. The smallest absolute Gasteiger partial charge is 0.136 e. The summed E-state index contributed by atoms with van der Waals surface area (Å²) < 4.78 is 0. The van der Waals surface area contributed by atoms with Gasteiger partial charge in [0.2, 0.25) is 0 Å². The summed E-state index contributed by atoms with van der Waals surface area (Å²) in [4.78, 5) is 17.2. The largest absolute Gasteiger partial charge is 0.299 e. The SMILES string of the molecule is CCCCCCCCCCCCCC(=O)C(C)Cc1ccc2ccccc2n1. The molecule has 1 unspecified atom stereocenters. The number of Topliss-reactive ketones (excluding diaryl/α,β-unsaturated/α-hetero) is 1. The lowest BCUT2D eigenvalue weighted by molar-refractivity contribution is -0.122. The average molecular weight is 382 g/mol. The minimum Gasteiger partial charge on any atom is -0.299 e. The maximum absolute atomic E-state index is 12.4. The molecule has 0 N–H and O–H groups in total. The van der Waals surface area contributed by atoms with E-state index in [2.05, 4.69) is 32.0 Å². The van der Waals surface area contributed by atoms with Crippen molar-refractivity contribution in [3.8, 4) is 0 Å². The highest BCUT2D eigenvalue weighted by Gasteiger charge is 2.14. The standard InChI is InChI=1S/C26H39NO/c1-3-4-5-6-7-8-9-10-11-12-13-18-26(28)22(2)21-24-20-19-23-16-14-15-17-25(23)27-24/h14-17,19-20,22H,3-13,18,21H2,1-2H3. The summed E-state index contributed by atoms with van der Waals surface area (Å²) in [5.41, 5.74) is 2.04. The van der Waals surface area contributed by atoms with Crippen LogP contribution in [0.3, 0.4) is 0 Å². The van der Waals surface area contributed by atoms with Crippen molar-refractivity contribution in [3.05, 3.63) is 42.1 Å². The number of unbranched alkanes of at least 4 members (excludes halogenated alkanes) is 10. The lowest BCUT2D eigenvalue weighted by atomic mass is 9.95. The predicted octanol–water partition coefficient (Wildman–Crippen LogP) is 7.68. The predicted molar refractivity (Wildman–Crippen MR) is 121 cm³/mol. The van der Waals surface area contributed by atoms with E-state index in [4.69, 9.17) is 4.98 Å². The van der Waals surface area contributed by atoms with Crippen molar-refractivity contribution in [1.29, 1.82) is 0 Å². The number of nitrogens with zero attached hydrogens (tertiary/aromatic N) is 1. The molecular formula is C26H39NO. The molecule has 0 bridgehead atoms. The van der Waals surface area contributed by atoms with Gasteiger partial charge < -0.3 is 0 Å². The third-order valence-corrected chi connectivity index (χ3v) is 5.75. The molecule has 0 spiro atoms. The number of hydrogen-bond donors (Lipinski definition) is 0. The Balaban J connectivity index is 1.54. The van der Waals surface area contributed by atoms with Crippen LogP contribution in [0.4, 0.5) is 0 Å². The second kappa shape index (κ2) is 13.5. The first kappa shape index (κ1) is 22.6. The third kappa shape index (κ3) is 8.54. The van der Waals surface area contributed by atoms with Crippen LogP contribution in [-0.4, -0.2) is 10.8 Å². The van der Waals surface area contributed by atoms with Crippen LogP contribution in [0.15, 0.2) is 36.4 Å². The zero-order chi connectivity index (χ0) is 20.0. The number of carbonyl (C=O) groups excluding carboxylic acids is 1. The Labute approximate surface area is 172 Å². The summed E-state index contributed by atoms with van der Waals surface area (Å²) in [6, 6.07) is 12.3. The van der Waals surface area contributed by atoms with Crippen LogP contribution in [-0.2, 0) is 11.2 Å². The molecule has 0 amide bonds. The molecular weight excluding hydrogens is 342 g/mol. The molecule has 0 saturated heterocycles. The summed E-state index contributed by atoms with van der Waals surface area (Å²) in [6.07, 6.45) is 16.0. The van der Waals surface area contributed by atoms with Crippen molar-refractivity contribution in [1.82, 2.24) is 4.98 Å². The Hall–Kier alpha value is -1.70. The van der Waals surface area contributed by atoms with Crippen molar-refractivity contribution >= 4 is 16.7 Å². The fraction of sp³-hybridized carbons (Fsp3) is 0.615. The van der Waals surface area contributed by atoms with Gasteiger partial charge in [0, 0.05) is 23.4 Å². The molecule has 1 aromatic heterocycles. The normalized spacial score (nSPS) is 12.4. The Kier molecular flexibility index (Phi) is 10.9. The number of carbonyl (C=O) groups is 1. The first-order valence-corrected chi connectivity index (χ1v) is 11.6. The Bertz CT molecular complexity index is 694. The van der Waals surface area contributed by atoms with Crippen LogP contribution in [0, 0.1) is 5.92 Å². The average Bonchev–Trinajstić information content (AvgIpc) is 2.71. The van der Waals surface area contributed by atoms with E-state index in [9.17, 15) is 4.79 Å². The molecule has 2 nitrogen and oxygen atoms in total. The molecule has 154 valence electrons. The topological polar surface area (TPSA) is 30.0 Å². The number of pyridine rings is 1. The third-order valence-electron chi connectivity index (χ3n) is 5.75. The fourth-order valence-corrected chi connectivity index (χ4v) is 3.86. The van der Waals surface area contributed by atoms with Crippen molar-refractivity contribution in [2.24, 2.45) is 5.92 Å². The summed E-state index contributed by atoms with van der Waals surface area (Å²) in [6.45, 7) is 4.32. The van der Waals surface area contributed by atoms with E-state index in [-0.39, 0.29) is 5.92 Å².